The molecule has 0 aliphatic rings. The average molecular weight is 1740 g/mol. The zero-order valence-electron chi connectivity index (χ0n) is 72.2. The van der Waals surface area contributed by atoms with Crippen LogP contribution < -0.4 is 0 Å². The predicted molar refractivity (Wildman–Crippen MR) is 565 cm³/mol. The van der Waals surface area contributed by atoms with Gasteiger partial charge in [-0.2, -0.15) is 0 Å². The van der Waals surface area contributed by atoms with Crippen LogP contribution in [0.3, 0.4) is 0 Å². The number of aryl methyl sites for hydroxylation is 3. The molecule has 0 bridgehead atoms. The van der Waals surface area contributed by atoms with Crippen molar-refractivity contribution in [3.05, 3.63) is 436 Å². The number of nitrogens with zero attached hydrogens (tertiary/aromatic N) is 6. The normalized spacial score (nSPS) is 11.8. The third-order valence-electron chi connectivity index (χ3n) is 26.4. The second-order valence-electron chi connectivity index (χ2n) is 34.4. The molecule has 6 heterocycles. The molecule has 0 radical (unpaired) electrons. The molecule has 0 fully saturated rings. The van der Waals surface area contributed by atoms with Gasteiger partial charge in [0.05, 0.1) is 68.8 Å². The van der Waals surface area contributed by atoms with Crippen LogP contribution in [0.5, 0.6) is 0 Å². The van der Waals surface area contributed by atoms with Gasteiger partial charge in [-0.15, -0.1) is 34.0 Å². The highest BCUT2D eigenvalue weighted by Gasteiger charge is 2.23. The summed E-state index contributed by atoms with van der Waals surface area (Å²) in [6, 6.07) is 144. The van der Waals surface area contributed by atoms with E-state index in [2.05, 4.69) is 421 Å². The third-order valence-corrected chi connectivity index (χ3v) is 30.3. The Bertz CT molecular complexity index is 9250. The fraction of sp³-hybridized carbons (Fsp3) is 0.0244. The van der Waals surface area contributed by atoms with Gasteiger partial charge in [-0.1, -0.05) is 345 Å². The summed E-state index contributed by atoms with van der Waals surface area (Å²) in [5.41, 5.74) is 30.1. The van der Waals surface area contributed by atoms with E-state index < -0.39 is 0 Å². The molecule has 0 N–H and O–H groups in total. The van der Waals surface area contributed by atoms with E-state index in [9.17, 15) is 0 Å². The van der Waals surface area contributed by atoms with Gasteiger partial charge in [0.25, 0.3) is 0 Å². The van der Waals surface area contributed by atoms with Crippen molar-refractivity contribution in [3.63, 3.8) is 0 Å². The number of fused-ring (bicyclic) bond motifs is 27. The van der Waals surface area contributed by atoms with Gasteiger partial charge in [0.1, 0.15) is 0 Å². The number of benzene rings is 21. The van der Waals surface area contributed by atoms with Crippen molar-refractivity contribution >= 4 is 192 Å². The van der Waals surface area contributed by atoms with Gasteiger partial charge in [0, 0.05) is 121 Å². The Morgan fingerprint density at radius 3 is 0.864 bits per heavy atom. The molecule has 0 atom stereocenters. The number of aromatic nitrogens is 6. The zero-order chi connectivity index (χ0) is 87.6. The highest BCUT2D eigenvalue weighted by molar-refractivity contribution is 7.27. The summed E-state index contributed by atoms with van der Waals surface area (Å²) in [5, 5.41) is 22.0. The van der Waals surface area contributed by atoms with Gasteiger partial charge in [0.15, 0.2) is 0 Å². The molecule has 0 saturated heterocycles. The molecule has 0 amide bonds. The number of hydrogen-bond donors (Lipinski definition) is 0. The van der Waals surface area contributed by atoms with Crippen molar-refractivity contribution < 1.29 is 0 Å². The lowest BCUT2D eigenvalue weighted by Gasteiger charge is -2.11. The Balaban J connectivity index is 0.000000109. The van der Waals surface area contributed by atoms with Crippen LogP contribution >= 0.6 is 34.0 Å². The maximum Gasteiger partial charge on any atom is 0.0979 e. The Labute approximate surface area is 773 Å². The molecule has 9 heteroatoms. The van der Waals surface area contributed by atoms with Crippen molar-refractivity contribution in [1.82, 2.24) is 29.9 Å². The van der Waals surface area contributed by atoms with Gasteiger partial charge < -0.3 is 0 Å². The summed E-state index contributed by atoms with van der Waals surface area (Å²) >= 11 is 5.67. The maximum absolute atomic E-state index is 5.25. The van der Waals surface area contributed by atoms with E-state index >= 15 is 0 Å². The van der Waals surface area contributed by atoms with Gasteiger partial charge in [-0.05, 0) is 181 Å². The van der Waals surface area contributed by atoms with Crippen molar-refractivity contribution in [2.24, 2.45) is 0 Å². The van der Waals surface area contributed by atoms with Crippen LogP contribution in [-0.4, -0.2) is 29.9 Å². The minimum atomic E-state index is 0.866. The van der Waals surface area contributed by atoms with Crippen LogP contribution in [0, 0.1) is 20.8 Å². The number of thiophene rings is 3. The van der Waals surface area contributed by atoms with Crippen LogP contribution in [0.15, 0.2) is 419 Å². The zero-order valence-corrected chi connectivity index (χ0v) is 74.7. The molecular weight excluding hydrogens is 1660 g/mol. The summed E-state index contributed by atoms with van der Waals surface area (Å²) in [6.45, 7) is 6.59. The van der Waals surface area contributed by atoms with E-state index in [0.29, 0.717) is 0 Å². The topological polar surface area (TPSA) is 77.3 Å². The highest BCUT2D eigenvalue weighted by Crippen LogP contribution is 2.50. The van der Waals surface area contributed by atoms with Gasteiger partial charge in [-0.3, -0.25) is 15.0 Å². The Morgan fingerprint density at radius 2 is 0.455 bits per heavy atom. The van der Waals surface area contributed by atoms with E-state index in [1.54, 1.807) is 0 Å². The molecule has 27 rings (SSSR count). The molecule has 132 heavy (non-hydrogen) atoms. The lowest BCUT2D eigenvalue weighted by atomic mass is 9.93. The van der Waals surface area contributed by atoms with E-state index in [4.69, 9.17) is 29.9 Å². The second-order valence-corrected chi connectivity index (χ2v) is 37.5. The number of hydrogen-bond acceptors (Lipinski definition) is 9. The third kappa shape index (κ3) is 13.6. The highest BCUT2D eigenvalue weighted by atomic mass is 32.1. The van der Waals surface area contributed by atoms with Gasteiger partial charge in [0.2, 0.25) is 0 Å². The smallest absolute Gasteiger partial charge is 0.0979 e. The Hall–Kier alpha value is -16.1. The number of rotatable bonds is 9. The Morgan fingerprint density at radius 1 is 0.167 bits per heavy atom. The van der Waals surface area contributed by atoms with Gasteiger partial charge >= 0.3 is 0 Å². The first-order valence-corrected chi connectivity index (χ1v) is 47.2. The largest absolute Gasteiger partial charge is 0.252 e. The van der Waals surface area contributed by atoms with E-state index in [0.717, 1.165) is 105 Å². The first-order chi connectivity index (χ1) is 65.1. The summed E-state index contributed by atoms with van der Waals surface area (Å²) in [6.07, 6.45) is 5.74. The van der Waals surface area contributed by atoms with Gasteiger partial charge in [-0.25, -0.2) is 15.0 Å². The van der Waals surface area contributed by atoms with E-state index in [1.165, 1.54) is 171 Å². The van der Waals surface area contributed by atoms with Crippen LogP contribution in [-0.2, 0) is 0 Å². The molecule has 6 aromatic heterocycles. The van der Waals surface area contributed by atoms with Crippen molar-refractivity contribution in [2.45, 2.75) is 20.8 Å². The van der Waals surface area contributed by atoms with Crippen molar-refractivity contribution in [3.8, 4) is 101 Å². The summed E-state index contributed by atoms with van der Waals surface area (Å²) in [7, 11) is 0. The molecule has 0 saturated carbocycles. The minimum absolute atomic E-state index is 0.866. The molecule has 0 spiro atoms. The molecule has 0 aliphatic heterocycles. The molecule has 0 unspecified atom stereocenters. The average Bonchev–Trinajstić information content (AvgIpc) is 1.08. The van der Waals surface area contributed by atoms with E-state index in [1.807, 2.05) is 52.6 Å². The lowest BCUT2D eigenvalue weighted by Crippen LogP contribution is -1.92. The molecule has 6 nitrogen and oxygen atoms in total. The first kappa shape index (κ1) is 78.1. The van der Waals surface area contributed by atoms with Crippen LogP contribution in [0.4, 0.5) is 0 Å². The fourth-order valence-electron chi connectivity index (χ4n) is 19.8. The molecule has 21 aromatic carbocycles. The SMILES string of the molecule is Cc1ccc2sc3ccc(-c4ccc(-c5cnc6c7ccccc7c7ccccc7c6n5)cc4)cc3c2c1.Cc1cccc2c1sc1c(C)cc(-c3ccc(-c4cnc5c6ccccc6c6ccccc6c5n4)cc3)cc12.c1ccc(-c2cc(-c3ccccc3)c3sc4c(-c5ccccc5)cc(-c5ccc(-c6cnc7c8ccccc8c8ccccc8c7n6)cc5)cc4c3c2)cc1. The monoisotopic (exact) mass is 1730 g/mol. The Kier molecular flexibility index (Phi) is 19.1. The first-order valence-electron chi connectivity index (χ1n) is 44.7. The fourth-order valence-corrected chi connectivity index (χ4v) is 23.5. The molecular formula is C123H78N6S3. The molecule has 27 aromatic rings. The maximum atomic E-state index is 5.25. The molecule has 0 aliphatic carbocycles. The summed E-state index contributed by atoms with van der Waals surface area (Å²) in [4.78, 5) is 30.4. The summed E-state index contributed by atoms with van der Waals surface area (Å²) in [5.74, 6) is 0. The predicted octanol–water partition coefficient (Wildman–Crippen LogP) is 34.8. The molecule has 618 valence electrons. The van der Waals surface area contributed by atoms with Crippen LogP contribution in [0.1, 0.15) is 16.7 Å². The minimum Gasteiger partial charge on any atom is -0.252 e. The van der Waals surface area contributed by atoms with Crippen molar-refractivity contribution in [1.29, 1.82) is 0 Å². The van der Waals surface area contributed by atoms with Crippen LogP contribution in [0.25, 0.3) is 259 Å². The quantitative estimate of drug-likeness (QED) is 0.134. The van der Waals surface area contributed by atoms with E-state index in [-0.39, 0.29) is 0 Å². The van der Waals surface area contributed by atoms with Crippen LogP contribution in [0.2, 0.25) is 0 Å². The second kappa shape index (κ2) is 32.3. The standard InChI is InChI=1S/C52H32N2S.C36H24N2S.C35H22N2S/c1-4-14-33(15-5-1)38-28-44(35-16-6-2-7-17-35)51-46(30-38)47-31-39(29-45(52(47)55-51)36-18-8-3-9-19-36)34-24-26-37(27-25-34)48-32-53-49-42-22-12-10-20-40(42)41-21-11-13-23-43(41)50(49)54-48;1-21-8-7-13-30-31-19-25(18-22(2)36(31)39-35(21)30)23-14-16-24(17-15-23)32-20-37-33-28-11-5-3-9-26(28)27-10-4-6-12-29(27)34(33)38-32;1-21-10-16-32-29(18-21)30-19-24(15-17-33(30)38-32)22-11-13-23(14-12-22)31-20-36-34-27-8-4-2-6-25(27)26-7-3-5-9-28(26)35(34)37-31/h1-32H;3-20H,1-2H3;2-20H,1H3. The summed E-state index contributed by atoms with van der Waals surface area (Å²) < 4.78 is 8.05. The van der Waals surface area contributed by atoms with Crippen molar-refractivity contribution in [2.75, 3.05) is 0 Å². The lowest BCUT2D eigenvalue weighted by molar-refractivity contribution is 1.31.